The Bertz CT molecular complexity index is 1240. The van der Waals surface area contributed by atoms with Crippen molar-refractivity contribution in [2.45, 2.75) is 367 Å². The number of esters is 3. The number of hydrogen-bond donors (Lipinski definition) is 0. The molecule has 0 fully saturated rings. The van der Waals surface area contributed by atoms with Crippen LogP contribution in [-0.2, 0) is 28.6 Å². The van der Waals surface area contributed by atoms with E-state index < -0.39 is 6.10 Å². The van der Waals surface area contributed by atoms with Gasteiger partial charge in [-0.15, -0.1) is 0 Å². The fourth-order valence-electron chi connectivity index (χ4n) is 9.92. The van der Waals surface area contributed by atoms with Gasteiger partial charge in [-0.3, -0.25) is 14.4 Å². The van der Waals surface area contributed by atoms with Crippen molar-refractivity contribution >= 4 is 17.9 Å². The second kappa shape index (κ2) is 63.2. The van der Waals surface area contributed by atoms with Gasteiger partial charge in [-0.25, -0.2) is 0 Å². The van der Waals surface area contributed by atoms with Gasteiger partial charge >= 0.3 is 17.9 Å². The molecule has 0 saturated heterocycles. The average molecular weight is 1040 g/mol. The van der Waals surface area contributed by atoms with Crippen molar-refractivity contribution < 1.29 is 28.6 Å². The molecule has 434 valence electrons. The summed E-state index contributed by atoms with van der Waals surface area (Å²) in [6.45, 7) is 6.62. The van der Waals surface area contributed by atoms with E-state index in [9.17, 15) is 14.4 Å². The largest absolute Gasteiger partial charge is 0.462 e. The van der Waals surface area contributed by atoms with Gasteiger partial charge in [-0.1, -0.05) is 320 Å². The lowest BCUT2D eigenvalue weighted by molar-refractivity contribution is -0.167. The lowest BCUT2D eigenvalue weighted by Crippen LogP contribution is -2.30. The van der Waals surface area contributed by atoms with Crippen molar-refractivity contribution in [3.8, 4) is 0 Å². The van der Waals surface area contributed by atoms with Crippen LogP contribution in [0.3, 0.4) is 0 Å². The predicted octanol–water partition coefficient (Wildman–Crippen LogP) is 22.4. The summed E-state index contributed by atoms with van der Waals surface area (Å²) in [7, 11) is 0. The highest BCUT2D eigenvalue weighted by atomic mass is 16.6. The first-order valence-corrected chi connectivity index (χ1v) is 33.0. The Kier molecular flexibility index (Phi) is 61.1. The SMILES string of the molecule is CCCCCCC/C=C\C/C=C\C/C=C\CCCCCCCCCCC(=O)OC(COC(=O)CCCCCCCC)COC(=O)CCCCCCCCCCCCCCCCCCCCCCCCCCCCC. The van der Waals surface area contributed by atoms with Crippen LogP contribution in [0, 0.1) is 0 Å². The Morgan fingerprint density at radius 2 is 0.486 bits per heavy atom. The van der Waals surface area contributed by atoms with Crippen LogP contribution in [0.1, 0.15) is 361 Å². The normalized spacial score (nSPS) is 12.2. The number of carbonyl (C=O) groups is 3. The molecule has 0 aromatic rings. The predicted molar refractivity (Wildman–Crippen MR) is 321 cm³/mol. The van der Waals surface area contributed by atoms with E-state index in [4.69, 9.17) is 14.2 Å². The minimum Gasteiger partial charge on any atom is -0.462 e. The summed E-state index contributed by atoms with van der Waals surface area (Å²) in [5, 5.41) is 0. The van der Waals surface area contributed by atoms with E-state index in [1.807, 2.05) is 0 Å². The summed E-state index contributed by atoms with van der Waals surface area (Å²) in [6.07, 6.45) is 77.7. The molecule has 0 spiro atoms. The molecule has 0 aliphatic heterocycles. The molecule has 1 unspecified atom stereocenters. The Balaban J connectivity index is 4.03. The van der Waals surface area contributed by atoms with Crippen molar-refractivity contribution in [1.82, 2.24) is 0 Å². The highest BCUT2D eigenvalue weighted by Crippen LogP contribution is 2.18. The van der Waals surface area contributed by atoms with Crippen LogP contribution in [0.25, 0.3) is 0 Å². The van der Waals surface area contributed by atoms with Gasteiger partial charge in [0, 0.05) is 19.3 Å². The van der Waals surface area contributed by atoms with Gasteiger partial charge in [0.2, 0.25) is 0 Å². The lowest BCUT2D eigenvalue weighted by atomic mass is 10.0. The zero-order valence-electron chi connectivity index (χ0n) is 49.9. The van der Waals surface area contributed by atoms with Crippen LogP contribution >= 0.6 is 0 Å². The number of unbranched alkanes of at least 4 members (excludes halogenated alkanes) is 44. The zero-order valence-corrected chi connectivity index (χ0v) is 49.9. The topological polar surface area (TPSA) is 78.9 Å². The molecule has 6 nitrogen and oxygen atoms in total. The summed E-state index contributed by atoms with van der Waals surface area (Å²) in [5.74, 6) is -0.867. The molecule has 74 heavy (non-hydrogen) atoms. The Morgan fingerprint density at radius 1 is 0.270 bits per heavy atom. The highest BCUT2D eigenvalue weighted by molar-refractivity contribution is 5.71. The van der Waals surface area contributed by atoms with Crippen LogP contribution in [0.15, 0.2) is 36.5 Å². The molecule has 0 radical (unpaired) electrons. The van der Waals surface area contributed by atoms with E-state index >= 15 is 0 Å². The van der Waals surface area contributed by atoms with Crippen molar-refractivity contribution in [2.75, 3.05) is 13.2 Å². The van der Waals surface area contributed by atoms with Crippen LogP contribution in [0.5, 0.6) is 0 Å². The summed E-state index contributed by atoms with van der Waals surface area (Å²) >= 11 is 0. The van der Waals surface area contributed by atoms with Gasteiger partial charge in [0.25, 0.3) is 0 Å². The highest BCUT2D eigenvalue weighted by Gasteiger charge is 2.19. The molecular formula is C68H126O6. The van der Waals surface area contributed by atoms with Gasteiger partial charge in [0.15, 0.2) is 6.10 Å². The summed E-state index contributed by atoms with van der Waals surface area (Å²) in [5.41, 5.74) is 0. The number of carbonyl (C=O) groups excluding carboxylic acids is 3. The van der Waals surface area contributed by atoms with E-state index in [0.717, 1.165) is 77.0 Å². The Labute approximate surface area is 461 Å². The fourth-order valence-corrected chi connectivity index (χ4v) is 9.92. The smallest absolute Gasteiger partial charge is 0.306 e. The van der Waals surface area contributed by atoms with Crippen LogP contribution in [0.4, 0.5) is 0 Å². The van der Waals surface area contributed by atoms with Gasteiger partial charge in [-0.2, -0.15) is 0 Å². The first-order valence-electron chi connectivity index (χ1n) is 33.0. The Hall–Kier alpha value is -2.37. The van der Waals surface area contributed by atoms with Crippen molar-refractivity contribution in [3.63, 3.8) is 0 Å². The van der Waals surface area contributed by atoms with Gasteiger partial charge in [0.05, 0.1) is 0 Å². The molecule has 0 bridgehead atoms. The van der Waals surface area contributed by atoms with E-state index in [1.165, 1.54) is 244 Å². The molecule has 0 aliphatic carbocycles. The second-order valence-corrected chi connectivity index (χ2v) is 22.4. The van der Waals surface area contributed by atoms with Gasteiger partial charge < -0.3 is 14.2 Å². The van der Waals surface area contributed by atoms with Crippen LogP contribution in [-0.4, -0.2) is 37.2 Å². The average Bonchev–Trinajstić information content (AvgIpc) is 3.40. The van der Waals surface area contributed by atoms with Crippen molar-refractivity contribution in [1.29, 1.82) is 0 Å². The second-order valence-electron chi connectivity index (χ2n) is 22.4. The van der Waals surface area contributed by atoms with Gasteiger partial charge in [-0.05, 0) is 57.8 Å². The molecule has 6 heteroatoms. The number of rotatable bonds is 61. The minimum atomic E-state index is -0.771. The number of hydrogen-bond acceptors (Lipinski definition) is 6. The van der Waals surface area contributed by atoms with E-state index in [1.54, 1.807) is 0 Å². The van der Waals surface area contributed by atoms with Crippen LogP contribution in [0.2, 0.25) is 0 Å². The first kappa shape index (κ1) is 71.6. The molecule has 0 amide bonds. The maximum atomic E-state index is 12.8. The van der Waals surface area contributed by atoms with Crippen molar-refractivity contribution in [2.24, 2.45) is 0 Å². The monoisotopic (exact) mass is 1040 g/mol. The maximum absolute atomic E-state index is 12.8. The molecule has 0 aliphatic rings. The Morgan fingerprint density at radius 3 is 0.757 bits per heavy atom. The number of ether oxygens (including phenoxy) is 3. The lowest BCUT2D eigenvalue weighted by Gasteiger charge is -2.18. The van der Waals surface area contributed by atoms with Crippen LogP contribution < -0.4 is 0 Å². The quantitative estimate of drug-likeness (QED) is 0.0261. The molecule has 0 heterocycles. The summed E-state index contributed by atoms with van der Waals surface area (Å²) < 4.78 is 16.8. The molecule has 1 atom stereocenters. The molecule has 0 saturated carbocycles. The van der Waals surface area contributed by atoms with E-state index in [0.29, 0.717) is 19.3 Å². The third-order valence-corrected chi connectivity index (χ3v) is 14.9. The molecule has 0 aromatic heterocycles. The molecule has 0 N–H and O–H groups in total. The molecule has 0 rings (SSSR count). The first-order chi connectivity index (χ1) is 36.5. The summed E-state index contributed by atoms with van der Waals surface area (Å²) in [6, 6.07) is 0. The molecule has 0 aromatic carbocycles. The van der Waals surface area contributed by atoms with E-state index in [-0.39, 0.29) is 31.1 Å². The summed E-state index contributed by atoms with van der Waals surface area (Å²) in [4.78, 5) is 38.0. The van der Waals surface area contributed by atoms with Crippen molar-refractivity contribution in [3.05, 3.63) is 36.5 Å². The molecular weight excluding hydrogens is 913 g/mol. The maximum Gasteiger partial charge on any atom is 0.306 e. The number of allylic oxidation sites excluding steroid dienone is 6. The minimum absolute atomic E-state index is 0.0710. The van der Waals surface area contributed by atoms with E-state index in [2.05, 4.69) is 57.2 Å². The van der Waals surface area contributed by atoms with Gasteiger partial charge in [0.1, 0.15) is 13.2 Å². The standard InChI is InChI=1S/C68H126O6/c1-4-7-10-13-16-18-20-22-24-26-28-30-32-33-34-35-37-38-40-42-44-46-48-50-52-55-58-61-67(70)73-64-65(63-72-66(69)60-57-54-15-12-9-6-3)74-68(71)62-59-56-53-51-49-47-45-43-41-39-36-31-29-27-25-23-21-19-17-14-11-8-5-2/h21,23,27,29,36,39,65H,4-20,22,24-26,28,30-35,37-38,40-64H2,1-3H3/b23-21-,29-27-,39-36-. The zero-order chi connectivity index (χ0) is 53.6. The third kappa shape index (κ3) is 60.5. The third-order valence-electron chi connectivity index (χ3n) is 14.9. The fraction of sp³-hybridized carbons (Fsp3) is 0.868.